The van der Waals surface area contributed by atoms with Crippen molar-refractivity contribution in [3.05, 3.63) is 53.8 Å². The van der Waals surface area contributed by atoms with Crippen LogP contribution in [0.3, 0.4) is 0 Å². The smallest absolute Gasteiger partial charge is 0.446 e. The van der Waals surface area contributed by atoms with Crippen molar-refractivity contribution < 1.29 is 22.7 Å². The predicted octanol–water partition coefficient (Wildman–Crippen LogP) is 4.76. The third-order valence-corrected chi connectivity index (χ3v) is 3.35. The van der Waals surface area contributed by atoms with Crippen molar-refractivity contribution in [3.8, 4) is 5.75 Å². The topological polar surface area (TPSA) is 32.3 Å². The first-order valence-corrected chi connectivity index (χ1v) is 6.72. The van der Waals surface area contributed by atoms with Crippen LogP contribution in [0.5, 0.6) is 5.75 Å². The summed E-state index contributed by atoms with van der Waals surface area (Å²) in [5.74, 6) is -0.519. The fourth-order valence-electron chi connectivity index (χ4n) is 1.67. The van der Waals surface area contributed by atoms with Crippen molar-refractivity contribution in [2.45, 2.75) is 16.9 Å². The van der Waals surface area contributed by atoms with Crippen molar-refractivity contribution in [2.75, 3.05) is 5.32 Å². The Morgan fingerprint density at radius 1 is 1.05 bits per heavy atom. The van der Waals surface area contributed by atoms with Gasteiger partial charge in [-0.05, 0) is 54.2 Å². The van der Waals surface area contributed by atoms with E-state index in [0.29, 0.717) is 11.3 Å². The Morgan fingerprint density at radius 2 is 1.71 bits per heavy atom. The highest BCUT2D eigenvalue weighted by Gasteiger charge is 2.28. The molecule has 0 aromatic heterocycles. The van der Waals surface area contributed by atoms with Crippen LogP contribution in [0.25, 0.3) is 0 Å². The molecule has 2 aromatic carbocycles. The van der Waals surface area contributed by atoms with Crippen LogP contribution in [0.1, 0.15) is 5.56 Å². The van der Waals surface area contributed by atoms with Crippen LogP contribution in [0.4, 0.5) is 23.2 Å². The van der Waals surface area contributed by atoms with Gasteiger partial charge in [0.15, 0.2) is 0 Å². The molecule has 0 saturated carbocycles. The van der Waals surface area contributed by atoms with E-state index in [9.17, 15) is 22.7 Å². The number of hydrogen-bond donors (Lipinski definition) is 2. The summed E-state index contributed by atoms with van der Waals surface area (Å²) in [6.07, 6.45) is 0. The van der Waals surface area contributed by atoms with Crippen molar-refractivity contribution in [3.63, 3.8) is 0 Å². The molecule has 0 aliphatic rings. The number of halogens is 4. The number of benzene rings is 2. The number of phenolic OH excluding ortho intramolecular Hbond substituents is 1. The van der Waals surface area contributed by atoms with Gasteiger partial charge in [0.25, 0.3) is 0 Å². The lowest BCUT2D eigenvalue weighted by atomic mass is 10.2. The first kappa shape index (κ1) is 15.5. The molecule has 0 aliphatic heterocycles. The highest BCUT2D eigenvalue weighted by molar-refractivity contribution is 8.00. The maximum atomic E-state index is 13.0. The number of thioether (sulfide) groups is 1. The molecule has 0 spiro atoms. The summed E-state index contributed by atoms with van der Waals surface area (Å²) in [6.45, 7) is 0.162. The zero-order chi connectivity index (χ0) is 15.5. The quantitative estimate of drug-likeness (QED) is 0.630. The summed E-state index contributed by atoms with van der Waals surface area (Å²) in [5, 5.41) is 12.5. The van der Waals surface area contributed by atoms with Crippen LogP contribution >= 0.6 is 11.8 Å². The molecule has 21 heavy (non-hydrogen) atoms. The normalized spacial score (nSPS) is 11.4. The average Bonchev–Trinajstić information content (AvgIpc) is 2.40. The van der Waals surface area contributed by atoms with Gasteiger partial charge < -0.3 is 10.4 Å². The van der Waals surface area contributed by atoms with Crippen LogP contribution in [-0.4, -0.2) is 10.6 Å². The van der Waals surface area contributed by atoms with Crippen molar-refractivity contribution in [1.29, 1.82) is 0 Å². The Hall–Kier alpha value is -1.89. The Kier molecular flexibility index (Phi) is 4.62. The summed E-state index contributed by atoms with van der Waals surface area (Å²) in [7, 11) is 0. The monoisotopic (exact) mass is 317 g/mol. The highest BCUT2D eigenvalue weighted by atomic mass is 32.2. The van der Waals surface area contributed by atoms with Gasteiger partial charge >= 0.3 is 5.51 Å². The molecule has 0 bridgehead atoms. The number of rotatable bonds is 4. The van der Waals surface area contributed by atoms with Gasteiger partial charge in [0.05, 0.1) is 0 Å². The van der Waals surface area contributed by atoms with E-state index in [4.69, 9.17) is 0 Å². The summed E-state index contributed by atoms with van der Waals surface area (Å²) in [4.78, 5) is 0.0849. The minimum absolute atomic E-state index is 0.0480. The Bertz CT molecular complexity index is 613. The van der Waals surface area contributed by atoms with Gasteiger partial charge in [0.2, 0.25) is 0 Å². The van der Waals surface area contributed by atoms with E-state index in [2.05, 4.69) is 5.32 Å². The molecule has 112 valence electrons. The Balaban J connectivity index is 1.99. The maximum absolute atomic E-state index is 13.0. The first-order valence-electron chi connectivity index (χ1n) is 5.90. The number of hydrogen-bond acceptors (Lipinski definition) is 3. The van der Waals surface area contributed by atoms with Gasteiger partial charge in [-0.2, -0.15) is 13.2 Å². The minimum Gasteiger partial charge on any atom is -0.508 e. The second-order valence-electron chi connectivity index (χ2n) is 4.20. The van der Waals surface area contributed by atoms with Crippen molar-refractivity contribution in [2.24, 2.45) is 0 Å². The van der Waals surface area contributed by atoms with Crippen LogP contribution in [0, 0.1) is 5.82 Å². The van der Waals surface area contributed by atoms with E-state index in [0.717, 1.165) is 6.07 Å². The van der Waals surface area contributed by atoms with Crippen molar-refractivity contribution in [1.82, 2.24) is 0 Å². The molecular formula is C14H11F4NOS. The Morgan fingerprint density at radius 3 is 2.33 bits per heavy atom. The van der Waals surface area contributed by atoms with Gasteiger partial charge in [-0.15, -0.1) is 0 Å². The molecule has 0 radical (unpaired) electrons. The van der Waals surface area contributed by atoms with Gasteiger partial charge in [0, 0.05) is 22.7 Å². The lowest BCUT2D eigenvalue weighted by Gasteiger charge is -2.10. The number of anilines is 1. The molecule has 7 heteroatoms. The molecule has 2 N–H and O–H groups in total. The Labute approximate surface area is 122 Å². The van der Waals surface area contributed by atoms with Crippen LogP contribution in [0.15, 0.2) is 47.4 Å². The summed E-state index contributed by atoms with van der Waals surface area (Å²) < 4.78 is 49.6. The second-order valence-corrected chi connectivity index (χ2v) is 5.34. The third kappa shape index (κ3) is 4.86. The van der Waals surface area contributed by atoms with E-state index < -0.39 is 11.3 Å². The van der Waals surface area contributed by atoms with Crippen LogP contribution in [-0.2, 0) is 6.54 Å². The number of nitrogens with one attached hydrogen (secondary N) is 1. The van der Waals surface area contributed by atoms with E-state index >= 15 is 0 Å². The standard InChI is InChI=1S/C14H11F4NOS/c15-10-1-6-13(20)9(7-10)8-19-11-2-4-12(5-3-11)21-14(16,17)18/h1-7,19-20H,8H2. The highest BCUT2D eigenvalue weighted by Crippen LogP contribution is 2.37. The molecule has 0 fully saturated rings. The maximum Gasteiger partial charge on any atom is 0.446 e. The van der Waals surface area contributed by atoms with Crippen molar-refractivity contribution >= 4 is 17.4 Å². The second kappa shape index (κ2) is 6.26. The molecule has 0 atom stereocenters. The third-order valence-electron chi connectivity index (χ3n) is 2.61. The fourth-order valence-corrected chi connectivity index (χ4v) is 2.21. The molecule has 0 unspecified atom stereocenters. The zero-order valence-corrected chi connectivity index (χ0v) is 11.4. The lowest BCUT2D eigenvalue weighted by molar-refractivity contribution is -0.0328. The summed E-state index contributed by atoms with van der Waals surface area (Å²) in [5.41, 5.74) is -3.38. The largest absolute Gasteiger partial charge is 0.508 e. The fraction of sp³-hybridized carbons (Fsp3) is 0.143. The molecule has 0 heterocycles. The minimum atomic E-state index is -4.32. The average molecular weight is 317 g/mol. The first-order chi connectivity index (χ1) is 9.83. The van der Waals surface area contributed by atoms with Gasteiger partial charge in [0.1, 0.15) is 11.6 Å². The molecule has 0 aliphatic carbocycles. The SMILES string of the molecule is Oc1ccc(F)cc1CNc1ccc(SC(F)(F)F)cc1. The summed E-state index contributed by atoms with van der Waals surface area (Å²) >= 11 is -0.189. The summed E-state index contributed by atoms with van der Waals surface area (Å²) in [6, 6.07) is 9.24. The van der Waals surface area contributed by atoms with Crippen LogP contribution in [0.2, 0.25) is 0 Å². The zero-order valence-electron chi connectivity index (χ0n) is 10.6. The van der Waals surface area contributed by atoms with E-state index in [-0.39, 0.29) is 29.0 Å². The number of alkyl halides is 3. The molecule has 2 rings (SSSR count). The van der Waals surface area contributed by atoms with Gasteiger partial charge in [-0.1, -0.05) is 0 Å². The molecular weight excluding hydrogens is 306 g/mol. The predicted molar refractivity (Wildman–Crippen MR) is 73.7 cm³/mol. The molecule has 2 aromatic rings. The number of aromatic hydroxyl groups is 1. The molecule has 0 amide bonds. The number of phenols is 1. The van der Waals surface area contributed by atoms with E-state index in [1.807, 2.05) is 0 Å². The van der Waals surface area contributed by atoms with Gasteiger partial charge in [-0.25, -0.2) is 4.39 Å². The van der Waals surface area contributed by atoms with Crippen LogP contribution < -0.4 is 5.32 Å². The molecule has 2 nitrogen and oxygen atoms in total. The lowest BCUT2D eigenvalue weighted by Crippen LogP contribution is -2.01. The molecule has 0 saturated heterocycles. The van der Waals surface area contributed by atoms with Gasteiger partial charge in [-0.3, -0.25) is 0 Å². The van der Waals surface area contributed by atoms with E-state index in [1.165, 1.54) is 36.4 Å². The van der Waals surface area contributed by atoms with E-state index in [1.54, 1.807) is 0 Å².